The van der Waals surface area contributed by atoms with Crippen LogP contribution in [-0.2, 0) is 0 Å². The third-order valence-corrected chi connectivity index (χ3v) is 8.64. The molecule has 0 aliphatic carbocycles. The van der Waals surface area contributed by atoms with E-state index in [1.807, 2.05) is 0 Å². The molecule has 2 N–H and O–H groups in total. The van der Waals surface area contributed by atoms with Gasteiger partial charge in [0.25, 0.3) is 11.8 Å². The molecule has 2 aromatic carbocycles. The fourth-order valence-corrected chi connectivity index (χ4v) is 6.18. The Bertz CT molecular complexity index is 1530. The van der Waals surface area contributed by atoms with E-state index in [4.69, 9.17) is 46.4 Å². The van der Waals surface area contributed by atoms with Gasteiger partial charge in [-0.25, -0.2) is 9.97 Å². The summed E-state index contributed by atoms with van der Waals surface area (Å²) in [6, 6.07) is 13.3. The maximum atomic E-state index is 12.7. The number of anilines is 2. The molecule has 2 amide bonds. The van der Waals surface area contributed by atoms with E-state index >= 15 is 0 Å². The molecule has 0 saturated heterocycles. The molecule has 0 aliphatic rings. The van der Waals surface area contributed by atoms with Gasteiger partial charge >= 0.3 is 0 Å². The van der Waals surface area contributed by atoms with Gasteiger partial charge in [0.05, 0.1) is 31.2 Å². The van der Waals surface area contributed by atoms with Crippen LogP contribution in [0.3, 0.4) is 0 Å². The summed E-state index contributed by atoms with van der Waals surface area (Å²) in [5, 5.41) is 11.9. The van der Waals surface area contributed by atoms with Crippen LogP contribution in [0.1, 0.15) is 19.3 Å². The number of aromatic nitrogens is 2. The van der Waals surface area contributed by atoms with Crippen molar-refractivity contribution in [1.82, 2.24) is 9.97 Å². The van der Waals surface area contributed by atoms with Crippen LogP contribution >= 0.6 is 80.4 Å². The van der Waals surface area contributed by atoms with Gasteiger partial charge in [-0.15, -0.1) is 34.0 Å². The topological polar surface area (TPSA) is 84.0 Å². The van der Waals surface area contributed by atoms with Crippen LogP contribution in [0.15, 0.2) is 59.3 Å². The van der Waals surface area contributed by atoms with Crippen molar-refractivity contribution in [2.45, 2.75) is 0 Å². The summed E-state index contributed by atoms with van der Waals surface area (Å²) < 4.78 is 0. The molecule has 13 heteroatoms. The summed E-state index contributed by atoms with van der Waals surface area (Å²) in [6.07, 6.45) is 0. The molecule has 0 unspecified atom stereocenters. The van der Waals surface area contributed by atoms with E-state index in [2.05, 4.69) is 20.6 Å². The van der Waals surface area contributed by atoms with Gasteiger partial charge in [-0.3, -0.25) is 20.2 Å². The molecule has 0 atom stereocenters. The zero-order valence-electron chi connectivity index (χ0n) is 18.2. The lowest BCUT2D eigenvalue weighted by Crippen LogP contribution is -2.11. The highest BCUT2D eigenvalue weighted by Crippen LogP contribution is 2.34. The summed E-state index contributed by atoms with van der Waals surface area (Å²) in [5.74, 6) is -0.761. The SMILES string of the molecule is O=C(Nc1nc(-c2cc(Cl)ccc2Cl)cs1)c1ccc(C(=O)Nc2nc(-c3cc(Cl)ccc3Cl)cs2)s1. The van der Waals surface area contributed by atoms with Crippen molar-refractivity contribution in [2.24, 2.45) is 0 Å². The Hall–Kier alpha value is -2.50. The van der Waals surface area contributed by atoms with Gasteiger partial charge in [0, 0.05) is 31.9 Å². The number of hydrogen-bond donors (Lipinski definition) is 2. The highest BCUT2D eigenvalue weighted by atomic mass is 35.5. The number of thiophene rings is 1. The number of halogens is 4. The molecule has 3 heterocycles. The lowest BCUT2D eigenvalue weighted by molar-refractivity contribution is 0.102. The normalized spacial score (nSPS) is 10.9. The van der Waals surface area contributed by atoms with E-state index in [1.54, 1.807) is 59.3 Å². The van der Waals surface area contributed by atoms with Crippen molar-refractivity contribution in [3.63, 3.8) is 0 Å². The van der Waals surface area contributed by atoms with Crippen molar-refractivity contribution in [2.75, 3.05) is 10.6 Å². The second-order valence-corrected chi connectivity index (χ2v) is 11.9. The van der Waals surface area contributed by atoms with Crippen molar-refractivity contribution in [3.05, 3.63) is 89.1 Å². The third-order valence-electron chi connectivity index (χ3n) is 4.91. The molecule has 0 radical (unpaired) electrons. The summed E-state index contributed by atoms with van der Waals surface area (Å²) in [7, 11) is 0. The average molecular weight is 626 g/mol. The lowest BCUT2D eigenvalue weighted by atomic mass is 10.2. The first-order valence-electron chi connectivity index (χ1n) is 10.3. The number of thiazole rings is 2. The van der Waals surface area contributed by atoms with Crippen LogP contribution in [0.2, 0.25) is 20.1 Å². The fraction of sp³-hybridized carbons (Fsp3) is 0. The molecular weight excluding hydrogens is 614 g/mol. The van der Waals surface area contributed by atoms with Gasteiger partial charge in [-0.2, -0.15) is 0 Å². The molecule has 0 bridgehead atoms. The molecule has 3 aromatic heterocycles. The predicted octanol–water partition coefficient (Wildman–Crippen LogP) is 9.11. The molecule has 0 fully saturated rings. The van der Waals surface area contributed by atoms with Crippen LogP contribution in [0.5, 0.6) is 0 Å². The molecule has 37 heavy (non-hydrogen) atoms. The van der Waals surface area contributed by atoms with E-state index in [0.717, 1.165) is 11.3 Å². The van der Waals surface area contributed by atoms with Gasteiger partial charge in [0.2, 0.25) is 0 Å². The minimum Gasteiger partial charge on any atom is -0.297 e. The molecule has 5 aromatic rings. The van der Waals surface area contributed by atoms with Crippen molar-refractivity contribution in [1.29, 1.82) is 0 Å². The molecule has 186 valence electrons. The summed E-state index contributed by atoms with van der Waals surface area (Å²) in [5.41, 5.74) is 2.54. The first kappa shape index (κ1) is 26.1. The van der Waals surface area contributed by atoms with Crippen molar-refractivity contribution in [3.8, 4) is 22.5 Å². The Morgan fingerprint density at radius 2 is 1.08 bits per heavy atom. The van der Waals surface area contributed by atoms with Crippen molar-refractivity contribution >= 4 is 102 Å². The maximum Gasteiger partial charge on any atom is 0.267 e. The second kappa shape index (κ2) is 11.1. The summed E-state index contributed by atoms with van der Waals surface area (Å²) in [4.78, 5) is 35.1. The van der Waals surface area contributed by atoms with E-state index in [1.165, 1.54) is 22.7 Å². The number of nitrogens with one attached hydrogen (secondary N) is 2. The number of hydrogen-bond acceptors (Lipinski definition) is 7. The first-order chi connectivity index (χ1) is 17.8. The monoisotopic (exact) mass is 624 g/mol. The Labute approximate surface area is 242 Å². The van der Waals surface area contributed by atoms with Gasteiger partial charge in [-0.05, 0) is 48.5 Å². The minimum absolute atomic E-state index is 0.355. The Kier molecular flexibility index (Phi) is 7.83. The highest BCUT2D eigenvalue weighted by Gasteiger charge is 2.18. The largest absolute Gasteiger partial charge is 0.297 e. The Morgan fingerprint density at radius 3 is 1.51 bits per heavy atom. The second-order valence-electron chi connectivity index (χ2n) is 7.40. The Balaban J connectivity index is 1.24. The summed E-state index contributed by atoms with van der Waals surface area (Å²) >= 11 is 28.2. The fourth-order valence-electron chi connectivity index (χ4n) is 3.20. The van der Waals surface area contributed by atoms with Crippen LogP contribution in [0.25, 0.3) is 22.5 Å². The summed E-state index contributed by atoms with van der Waals surface area (Å²) in [6.45, 7) is 0. The van der Waals surface area contributed by atoms with E-state index in [-0.39, 0.29) is 11.8 Å². The zero-order valence-corrected chi connectivity index (χ0v) is 23.7. The van der Waals surface area contributed by atoms with Gasteiger partial charge in [-0.1, -0.05) is 46.4 Å². The number of amides is 2. The first-order valence-corrected chi connectivity index (χ1v) is 14.4. The maximum absolute atomic E-state index is 12.7. The quantitative estimate of drug-likeness (QED) is 0.197. The van der Waals surface area contributed by atoms with Crippen LogP contribution in [-0.4, -0.2) is 21.8 Å². The zero-order chi connectivity index (χ0) is 26.1. The molecular formula is C24H12Cl4N4O2S3. The number of carbonyl (C=O) groups excluding carboxylic acids is 2. The van der Waals surface area contributed by atoms with Crippen molar-refractivity contribution < 1.29 is 9.59 Å². The number of nitrogens with zero attached hydrogens (tertiary/aromatic N) is 2. The predicted molar refractivity (Wildman–Crippen MR) is 155 cm³/mol. The van der Waals surface area contributed by atoms with Crippen LogP contribution in [0, 0.1) is 0 Å². The van der Waals surface area contributed by atoms with E-state index in [0.29, 0.717) is 62.6 Å². The standard InChI is InChI=1S/C24H12Cl4N4O2S3/c25-11-1-3-15(27)13(7-11)17-9-35-23(29-17)31-21(33)19-5-6-20(37-19)22(34)32-24-30-18(10-36-24)14-8-12(26)2-4-16(14)28/h1-10H,(H,29,31,33)(H,30,32,34). The smallest absolute Gasteiger partial charge is 0.267 e. The van der Waals surface area contributed by atoms with E-state index < -0.39 is 0 Å². The van der Waals surface area contributed by atoms with Gasteiger partial charge < -0.3 is 0 Å². The van der Waals surface area contributed by atoms with Crippen LogP contribution in [0.4, 0.5) is 10.3 Å². The third kappa shape index (κ3) is 5.99. The van der Waals surface area contributed by atoms with Gasteiger partial charge in [0.15, 0.2) is 10.3 Å². The van der Waals surface area contributed by atoms with Crippen LogP contribution < -0.4 is 10.6 Å². The number of rotatable bonds is 6. The Morgan fingerprint density at radius 1 is 0.649 bits per heavy atom. The average Bonchev–Trinajstić information content (AvgIpc) is 3.63. The molecule has 0 spiro atoms. The molecule has 0 saturated carbocycles. The molecule has 6 nitrogen and oxygen atoms in total. The minimum atomic E-state index is -0.380. The molecule has 5 rings (SSSR count). The lowest BCUT2D eigenvalue weighted by Gasteiger charge is -2.02. The molecule has 0 aliphatic heterocycles. The highest BCUT2D eigenvalue weighted by molar-refractivity contribution is 7.17. The van der Waals surface area contributed by atoms with Gasteiger partial charge in [0.1, 0.15) is 0 Å². The number of carbonyl (C=O) groups is 2. The van der Waals surface area contributed by atoms with E-state index in [9.17, 15) is 9.59 Å². The number of benzene rings is 2.